The number of nitrogens with one attached hydrogen (secondary N) is 1. The van der Waals surface area contributed by atoms with Gasteiger partial charge in [-0.15, -0.1) is 0 Å². The third kappa shape index (κ3) is 5.13. The number of hydrogen-bond donors (Lipinski definition) is 1. The Morgan fingerprint density at radius 2 is 2.32 bits per heavy atom. The van der Waals surface area contributed by atoms with Gasteiger partial charge in [-0.1, -0.05) is 0 Å². The molecule has 0 aliphatic carbocycles. The van der Waals surface area contributed by atoms with Gasteiger partial charge in [-0.3, -0.25) is 4.79 Å². The second-order valence-electron chi connectivity index (χ2n) is 4.35. The van der Waals surface area contributed by atoms with Crippen LogP contribution in [0.25, 0.3) is 0 Å². The predicted molar refractivity (Wildman–Crippen MR) is 73.6 cm³/mol. The van der Waals surface area contributed by atoms with E-state index in [1.54, 1.807) is 20.2 Å². The largest absolute Gasteiger partial charge is 0.385 e. The standard InChI is InChI=1S/C13H20N4O2/c1-9(5-6-19-4)16-13(18)11(3)17-12-7-14-8-15-10(12)2/h7-9H,5-6H2,1-4H3,(H,16,18)/b17-11+. The molecule has 0 aliphatic heterocycles. The summed E-state index contributed by atoms with van der Waals surface area (Å²) in [4.78, 5) is 24.1. The van der Waals surface area contributed by atoms with Crippen molar-refractivity contribution in [1.29, 1.82) is 0 Å². The summed E-state index contributed by atoms with van der Waals surface area (Å²) in [5.74, 6) is -0.188. The zero-order valence-electron chi connectivity index (χ0n) is 11.8. The van der Waals surface area contributed by atoms with Crippen molar-refractivity contribution in [3.05, 3.63) is 18.2 Å². The van der Waals surface area contributed by atoms with Gasteiger partial charge >= 0.3 is 0 Å². The lowest BCUT2D eigenvalue weighted by Crippen LogP contribution is -2.37. The van der Waals surface area contributed by atoms with Gasteiger partial charge in [0.15, 0.2) is 0 Å². The Morgan fingerprint density at radius 1 is 1.58 bits per heavy atom. The maximum absolute atomic E-state index is 11.9. The van der Waals surface area contributed by atoms with Crippen molar-refractivity contribution in [3.63, 3.8) is 0 Å². The molecule has 1 atom stereocenters. The Kier molecular flexibility index (Phi) is 6.08. The van der Waals surface area contributed by atoms with Crippen LogP contribution < -0.4 is 5.32 Å². The molecule has 0 fully saturated rings. The van der Waals surface area contributed by atoms with E-state index < -0.39 is 0 Å². The lowest BCUT2D eigenvalue weighted by molar-refractivity contribution is -0.115. The van der Waals surface area contributed by atoms with Gasteiger partial charge in [0, 0.05) is 19.8 Å². The van der Waals surface area contributed by atoms with Gasteiger partial charge in [-0.2, -0.15) is 0 Å². The number of hydrogen-bond acceptors (Lipinski definition) is 5. The maximum Gasteiger partial charge on any atom is 0.265 e. The van der Waals surface area contributed by atoms with E-state index in [0.717, 1.165) is 12.1 Å². The Balaban J connectivity index is 2.64. The zero-order chi connectivity index (χ0) is 14.3. The quantitative estimate of drug-likeness (QED) is 0.788. The van der Waals surface area contributed by atoms with Gasteiger partial charge in [0.25, 0.3) is 5.91 Å². The summed E-state index contributed by atoms with van der Waals surface area (Å²) >= 11 is 0. The Morgan fingerprint density at radius 3 is 2.95 bits per heavy atom. The molecule has 1 unspecified atom stereocenters. The fraction of sp³-hybridized carbons (Fsp3) is 0.538. The van der Waals surface area contributed by atoms with Gasteiger partial charge in [0.2, 0.25) is 0 Å². The van der Waals surface area contributed by atoms with E-state index in [4.69, 9.17) is 4.74 Å². The molecule has 1 amide bonds. The van der Waals surface area contributed by atoms with Crippen LogP contribution in [0.5, 0.6) is 0 Å². The van der Waals surface area contributed by atoms with Crippen LogP contribution in [-0.2, 0) is 9.53 Å². The van der Waals surface area contributed by atoms with Crippen LogP contribution in [0.2, 0.25) is 0 Å². The van der Waals surface area contributed by atoms with E-state index in [-0.39, 0.29) is 11.9 Å². The van der Waals surface area contributed by atoms with Crippen molar-refractivity contribution in [1.82, 2.24) is 15.3 Å². The average molecular weight is 264 g/mol. The number of ether oxygens (including phenoxy) is 1. The molecule has 0 radical (unpaired) electrons. The molecule has 0 aromatic carbocycles. The van der Waals surface area contributed by atoms with Crippen LogP contribution in [0.15, 0.2) is 17.5 Å². The van der Waals surface area contributed by atoms with Crippen LogP contribution in [-0.4, -0.2) is 41.3 Å². The van der Waals surface area contributed by atoms with E-state index in [1.165, 1.54) is 6.33 Å². The first-order valence-corrected chi connectivity index (χ1v) is 6.16. The number of carbonyl (C=O) groups excluding carboxylic acids is 1. The molecule has 1 N–H and O–H groups in total. The first-order valence-electron chi connectivity index (χ1n) is 6.16. The first-order chi connectivity index (χ1) is 9.04. The molecule has 1 aromatic rings. The van der Waals surface area contributed by atoms with E-state index in [0.29, 0.717) is 18.0 Å². The van der Waals surface area contributed by atoms with Crippen LogP contribution in [0.3, 0.4) is 0 Å². The second kappa shape index (κ2) is 7.58. The third-order valence-corrected chi connectivity index (χ3v) is 2.63. The van der Waals surface area contributed by atoms with E-state index in [1.807, 2.05) is 13.8 Å². The number of carbonyl (C=O) groups is 1. The number of aryl methyl sites for hydroxylation is 1. The normalized spacial score (nSPS) is 13.2. The molecule has 104 valence electrons. The lowest BCUT2D eigenvalue weighted by Gasteiger charge is -2.13. The molecule has 0 saturated heterocycles. The molecule has 19 heavy (non-hydrogen) atoms. The van der Waals surface area contributed by atoms with Gasteiger partial charge in [0.1, 0.15) is 17.7 Å². The molecule has 0 spiro atoms. The molecule has 6 heteroatoms. The number of nitrogens with zero attached hydrogens (tertiary/aromatic N) is 3. The highest BCUT2D eigenvalue weighted by atomic mass is 16.5. The summed E-state index contributed by atoms with van der Waals surface area (Å²) in [5.41, 5.74) is 1.75. The van der Waals surface area contributed by atoms with Crippen LogP contribution in [0.4, 0.5) is 5.69 Å². The summed E-state index contributed by atoms with van der Waals surface area (Å²) in [5, 5.41) is 2.86. The monoisotopic (exact) mass is 264 g/mol. The predicted octanol–water partition coefficient (Wildman–Crippen LogP) is 1.42. The van der Waals surface area contributed by atoms with Gasteiger partial charge < -0.3 is 10.1 Å². The molecule has 1 aromatic heterocycles. The van der Waals surface area contributed by atoms with Gasteiger partial charge in [-0.05, 0) is 27.2 Å². The first kappa shape index (κ1) is 15.2. The van der Waals surface area contributed by atoms with E-state index >= 15 is 0 Å². The van der Waals surface area contributed by atoms with Crippen LogP contribution >= 0.6 is 0 Å². The SMILES string of the molecule is COCCC(C)NC(=O)/C(C)=N/c1cncnc1C. The van der Waals surface area contributed by atoms with E-state index in [9.17, 15) is 4.79 Å². The van der Waals surface area contributed by atoms with Gasteiger partial charge in [0.05, 0.1) is 11.9 Å². The fourth-order valence-electron chi connectivity index (χ4n) is 1.42. The zero-order valence-corrected chi connectivity index (χ0v) is 11.8. The molecular formula is C13H20N4O2. The molecule has 0 saturated carbocycles. The molecule has 6 nitrogen and oxygen atoms in total. The fourth-order valence-corrected chi connectivity index (χ4v) is 1.42. The Labute approximate surface area is 113 Å². The second-order valence-corrected chi connectivity index (χ2v) is 4.35. The summed E-state index contributed by atoms with van der Waals surface area (Å²) in [7, 11) is 1.64. The summed E-state index contributed by atoms with van der Waals surface area (Å²) in [6.45, 7) is 6.04. The Hall–Kier alpha value is -1.82. The van der Waals surface area contributed by atoms with Crippen molar-refractivity contribution >= 4 is 17.3 Å². The van der Waals surface area contributed by atoms with Crippen LogP contribution in [0, 0.1) is 6.92 Å². The molecule has 0 aliphatic rings. The summed E-state index contributed by atoms with van der Waals surface area (Å²) < 4.78 is 4.97. The smallest absolute Gasteiger partial charge is 0.265 e. The molecule has 1 rings (SSSR count). The van der Waals surface area contributed by atoms with Crippen molar-refractivity contribution in [2.24, 2.45) is 4.99 Å². The van der Waals surface area contributed by atoms with Crippen molar-refractivity contribution in [3.8, 4) is 0 Å². The highest BCUT2D eigenvalue weighted by Crippen LogP contribution is 2.13. The lowest BCUT2D eigenvalue weighted by atomic mass is 10.2. The number of methoxy groups -OCH3 is 1. The molecular weight excluding hydrogens is 244 g/mol. The number of aromatic nitrogens is 2. The van der Waals surface area contributed by atoms with E-state index in [2.05, 4.69) is 20.3 Å². The third-order valence-electron chi connectivity index (χ3n) is 2.63. The minimum absolute atomic E-state index is 0.0470. The van der Waals surface area contributed by atoms with Crippen molar-refractivity contribution < 1.29 is 9.53 Å². The molecule has 1 heterocycles. The number of rotatable bonds is 6. The summed E-state index contributed by atoms with van der Waals surface area (Å²) in [6, 6.07) is 0.0470. The number of amides is 1. The molecule has 0 bridgehead atoms. The summed E-state index contributed by atoms with van der Waals surface area (Å²) in [6.07, 6.45) is 3.81. The maximum atomic E-state index is 11.9. The topological polar surface area (TPSA) is 76.5 Å². The highest BCUT2D eigenvalue weighted by Gasteiger charge is 2.10. The van der Waals surface area contributed by atoms with Crippen molar-refractivity contribution in [2.45, 2.75) is 33.2 Å². The van der Waals surface area contributed by atoms with Crippen molar-refractivity contribution in [2.75, 3.05) is 13.7 Å². The van der Waals surface area contributed by atoms with Gasteiger partial charge in [-0.25, -0.2) is 15.0 Å². The Bertz CT molecular complexity index is 460. The minimum atomic E-state index is -0.188. The highest BCUT2D eigenvalue weighted by molar-refractivity contribution is 6.38. The number of aliphatic imine (C=N–C) groups is 1. The van der Waals surface area contributed by atoms with Crippen LogP contribution in [0.1, 0.15) is 26.0 Å². The average Bonchev–Trinajstić information content (AvgIpc) is 2.38. The minimum Gasteiger partial charge on any atom is -0.385 e.